The average molecular weight is 443 g/mol. The van der Waals surface area contributed by atoms with Crippen LogP contribution in [0.1, 0.15) is 36.5 Å². The fraction of sp³-hybridized carbons (Fsp3) is 0.417. The van der Waals surface area contributed by atoms with Crippen molar-refractivity contribution in [3.8, 4) is 11.5 Å². The second-order valence-corrected chi connectivity index (χ2v) is 8.41. The van der Waals surface area contributed by atoms with Gasteiger partial charge in [0.1, 0.15) is 0 Å². The molecule has 7 heteroatoms. The molecule has 0 aliphatic carbocycles. The summed E-state index contributed by atoms with van der Waals surface area (Å²) in [6.07, 6.45) is 3.26. The number of thioether (sulfide) groups is 1. The summed E-state index contributed by atoms with van der Waals surface area (Å²) >= 11 is 1.70. The molecule has 1 fully saturated rings. The van der Waals surface area contributed by atoms with Crippen LogP contribution in [0.15, 0.2) is 53.4 Å². The van der Waals surface area contributed by atoms with Crippen LogP contribution in [0.4, 0.5) is 0 Å². The Hall–Kier alpha value is -2.67. The molecular weight excluding hydrogens is 412 g/mol. The van der Waals surface area contributed by atoms with Gasteiger partial charge in [-0.05, 0) is 56.5 Å². The van der Waals surface area contributed by atoms with Crippen molar-refractivity contribution >= 4 is 23.6 Å². The summed E-state index contributed by atoms with van der Waals surface area (Å²) in [6.45, 7) is 4.43. The minimum absolute atomic E-state index is 0.0140. The smallest absolute Gasteiger partial charge is 0.260 e. The Labute approximate surface area is 188 Å². The Bertz CT molecular complexity index is 854. The Balaban J connectivity index is 1.52. The molecule has 0 bridgehead atoms. The quantitative estimate of drug-likeness (QED) is 0.445. The van der Waals surface area contributed by atoms with E-state index in [4.69, 9.17) is 9.47 Å². The van der Waals surface area contributed by atoms with Crippen molar-refractivity contribution in [3.63, 3.8) is 0 Å². The second kappa shape index (κ2) is 12.2. The van der Waals surface area contributed by atoms with E-state index >= 15 is 0 Å². The van der Waals surface area contributed by atoms with Gasteiger partial charge in [0, 0.05) is 35.8 Å². The van der Waals surface area contributed by atoms with E-state index in [0.717, 1.165) is 31.7 Å². The third-order valence-electron chi connectivity index (χ3n) is 4.97. The molecule has 2 aromatic rings. The monoisotopic (exact) mass is 442 g/mol. The summed E-state index contributed by atoms with van der Waals surface area (Å²) in [6, 6.07) is 15.2. The number of carbonyl (C=O) groups excluding carboxylic acids is 2. The first-order chi connectivity index (χ1) is 15.2. The topological polar surface area (TPSA) is 67.9 Å². The fourth-order valence-corrected chi connectivity index (χ4v) is 4.15. The molecule has 2 aromatic carbocycles. The van der Waals surface area contributed by atoms with Crippen LogP contribution in [0, 0.1) is 0 Å². The van der Waals surface area contributed by atoms with Crippen LogP contribution in [0.2, 0.25) is 0 Å². The minimum Gasteiger partial charge on any atom is -0.490 e. The molecule has 1 aliphatic rings. The summed E-state index contributed by atoms with van der Waals surface area (Å²) in [4.78, 5) is 27.9. The number of amides is 2. The molecule has 1 N–H and O–H groups in total. The van der Waals surface area contributed by atoms with E-state index in [-0.39, 0.29) is 18.4 Å². The highest BCUT2D eigenvalue weighted by Crippen LogP contribution is 2.29. The largest absolute Gasteiger partial charge is 0.490 e. The summed E-state index contributed by atoms with van der Waals surface area (Å²) < 4.78 is 11.4. The Morgan fingerprint density at radius 1 is 1.00 bits per heavy atom. The Morgan fingerprint density at radius 2 is 1.77 bits per heavy atom. The van der Waals surface area contributed by atoms with Crippen molar-refractivity contribution in [2.45, 2.75) is 31.1 Å². The van der Waals surface area contributed by atoms with Gasteiger partial charge in [-0.3, -0.25) is 9.59 Å². The van der Waals surface area contributed by atoms with Gasteiger partial charge in [-0.1, -0.05) is 18.2 Å². The number of hydrogen-bond donors (Lipinski definition) is 1. The van der Waals surface area contributed by atoms with E-state index in [0.29, 0.717) is 30.2 Å². The van der Waals surface area contributed by atoms with E-state index in [1.165, 1.54) is 11.3 Å². The standard InChI is InChI=1S/C24H30N2O4S/c1-2-29-22-17-19(24(28)25-13-16-31-20-9-5-3-6-10-20)11-12-21(22)30-18-23(27)26-14-7-4-8-15-26/h3,5-6,9-12,17H,2,4,7-8,13-16,18H2,1H3,(H,25,28). The molecule has 31 heavy (non-hydrogen) atoms. The minimum atomic E-state index is -0.162. The van der Waals surface area contributed by atoms with Crippen molar-refractivity contribution in [2.75, 3.05) is 38.6 Å². The molecule has 2 amide bonds. The molecule has 166 valence electrons. The zero-order valence-corrected chi connectivity index (χ0v) is 18.8. The van der Waals surface area contributed by atoms with E-state index in [9.17, 15) is 9.59 Å². The number of nitrogens with one attached hydrogen (secondary N) is 1. The Kier molecular flexibility index (Phi) is 9.09. The molecule has 1 heterocycles. The number of benzene rings is 2. The van der Waals surface area contributed by atoms with Gasteiger partial charge in [0.25, 0.3) is 11.8 Å². The number of carbonyl (C=O) groups is 2. The first-order valence-electron chi connectivity index (χ1n) is 10.8. The molecule has 1 aliphatic heterocycles. The summed E-state index contributed by atoms with van der Waals surface area (Å²) in [5.41, 5.74) is 0.503. The van der Waals surface area contributed by atoms with E-state index in [2.05, 4.69) is 17.4 Å². The SMILES string of the molecule is CCOc1cc(C(=O)NCCSc2ccccc2)ccc1OCC(=O)N1CCCCC1. The third-order valence-corrected chi connectivity index (χ3v) is 5.98. The maximum Gasteiger partial charge on any atom is 0.260 e. The molecule has 0 saturated carbocycles. The third kappa shape index (κ3) is 7.21. The van der Waals surface area contributed by atoms with Crippen LogP contribution >= 0.6 is 11.8 Å². The lowest BCUT2D eigenvalue weighted by Gasteiger charge is -2.26. The van der Waals surface area contributed by atoms with Crippen molar-refractivity contribution in [2.24, 2.45) is 0 Å². The van der Waals surface area contributed by atoms with E-state index < -0.39 is 0 Å². The van der Waals surface area contributed by atoms with Crippen molar-refractivity contribution < 1.29 is 19.1 Å². The summed E-state index contributed by atoms with van der Waals surface area (Å²) in [5.74, 6) is 1.56. The van der Waals surface area contributed by atoms with Crippen molar-refractivity contribution in [1.82, 2.24) is 10.2 Å². The molecule has 0 radical (unpaired) electrons. The number of hydrogen-bond acceptors (Lipinski definition) is 5. The lowest BCUT2D eigenvalue weighted by Crippen LogP contribution is -2.38. The van der Waals surface area contributed by atoms with E-state index in [1.807, 2.05) is 30.0 Å². The molecule has 3 rings (SSSR count). The van der Waals surface area contributed by atoms with Gasteiger partial charge in [0.15, 0.2) is 18.1 Å². The molecule has 1 saturated heterocycles. The highest BCUT2D eigenvalue weighted by Gasteiger charge is 2.18. The van der Waals surface area contributed by atoms with Crippen molar-refractivity contribution in [1.29, 1.82) is 0 Å². The normalized spacial score (nSPS) is 13.5. The highest BCUT2D eigenvalue weighted by atomic mass is 32.2. The zero-order valence-electron chi connectivity index (χ0n) is 18.0. The molecule has 0 aromatic heterocycles. The predicted octanol–water partition coefficient (Wildman–Crippen LogP) is 4.00. The zero-order chi connectivity index (χ0) is 21.9. The highest BCUT2D eigenvalue weighted by molar-refractivity contribution is 7.99. The van der Waals surface area contributed by atoms with Crippen LogP contribution in [0.5, 0.6) is 11.5 Å². The number of nitrogens with zero attached hydrogens (tertiary/aromatic N) is 1. The molecule has 6 nitrogen and oxygen atoms in total. The molecule has 0 atom stereocenters. The fourth-order valence-electron chi connectivity index (χ4n) is 3.36. The maximum absolute atomic E-state index is 12.5. The predicted molar refractivity (Wildman–Crippen MR) is 123 cm³/mol. The maximum atomic E-state index is 12.5. The summed E-state index contributed by atoms with van der Waals surface area (Å²) in [5, 5.41) is 2.93. The number of likely N-dealkylation sites (tertiary alicyclic amines) is 1. The van der Waals surface area contributed by atoms with Gasteiger partial charge >= 0.3 is 0 Å². The molecule has 0 spiro atoms. The van der Waals surface area contributed by atoms with Gasteiger partial charge in [-0.2, -0.15) is 0 Å². The second-order valence-electron chi connectivity index (χ2n) is 7.24. The lowest BCUT2D eigenvalue weighted by atomic mass is 10.1. The molecule has 0 unspecified atom stereocenters. The van der Waals surface area contributed by atoms with Crippen LogP contribution in [0.25, 0.3) is 0 Å². The average Bonchev–Trinajstić information content (AvgIpc) is 2.82. The van der Waals surface area contributed by atoms with Gasteiger partial charge in [0.05, 0.1) is 6.61 Å². The summed E-state index contributed by atoms with van der Waals surface area (Å²) in [7, 11) is 0. The van der Waals surface area contributed by atoms with Gasteiger partial charge in [-0.25, -0.2) is 0 Å². The van der Waals surface area contributed by atoms with Crippen molar-refractivity contribution in [3.05, 3.63) is 54.1 Å². The first-order valence-corrected chi connectivity index (χ1v) is 11.8. The van der Waals surface area contributed by atoms with Gasteiger partial charge < -0.3 is 19.7 Å². The van der Waals surface area contributed by atoms with Crippen LogP contribution in [-0.4, -0.2) is 55.3 Å². The Morgan fingerprint density at radius 3 is 2.52 bits per heavy atom. The lowest BCUT2D eigenvalue weighted by molar-refractivity contribution is -0.134. The van der Waals surface area contributed by atoms with Gasteiger partial charge in [0.2, 0.25) is 0 Å². The van der Waals surface area contributed by atoms with Crippen LogP contribution in [-0.2, 0) is 4.79 Å². The van der Waals surface area contributed by atoms with Crippen LogP contribution < -0.4 is 14.8 Å². The number of rotatable bonds is 10. The van der Waals surface area contributed by atoms with E-state index in [1.54, 1.807) is 30.0 Å². The first kappa shape index (κ1) is 23.0. The van der Waals surface area contributed by atoms with Crippen LogP contribution in [0.3, 0.4) is 0 Å². The molecular formula is C24H30N2O4S. The number of ether oxygens (including phenoxy) is 2. The number of piperidine rings is 1. The van der Waals surface area contributed by atoms with Gasteiger partial charge in [-0.15, -0.1) is 11.8 Å².